The van der Waals surface area contributed by atoms with Crippen LogP contribution in [0.2, 0.25) is 0 Å². The summed E-state index contributed by atoms with van der Waals surface area (Å²) >= 11 is 0. The number of rotatable bonds is 11. The first-order chi connectivity index (χ1) is 12.5. The highest BCUT2D eigenvalue weighted by atomic mass is 14.1. The Bertz CT molecular complexity index is 367. The second-order valence-electron chi connectivity index (χ2n) is 6.78. The van der Waals surface area contributed by atoms with Crippen molar-refractivity contribution in [3.63, 3.8) is 0 Å². The summed E-state index contributed by atoms with van der Waals surface area (Å²) in [6, 6.07) is 0. The highest BCUT2D eigenvalue weighted by molar-refractivity contribution is 5.26. The van der Waals surface area contributed by atoms with Gasteiger partial charge in [-0.05, 0) is 56.6 Å². The molecule has 0 heterocycles. The second-order valence-corrected chi connectivity index (χ2v) is 6.78. The van der Waals surface area contributed by atoms with Gasteiger partial charge in [0.05, 0.1) is 0 Å². The standard InChI is InChI=1S/C13H26.C9H12.C4H10/c1-5-8-11-12(4)13(9-6-2)10-7-3;1-4-7-9(6-3)8-5-2;1-3-4-2/h13H,4-11H2,1-3H3;1,5,7-8H,6H2,2-3H3;3-4H2,1-2H3/b;8-5-,9-7-;. The molecular formula is C26H48. The Hall–Kier alpha value is -1.22. The van der Waals surface area contributed by atoms with Crippen LogP contribution in [-0.4, -0.2) is 0 Å². The zero-order chi connectivity index (χ0) is 20.6. The van der Waals surface area contributed by atoms with Gasteiger partial charge >= 0.3 is 0 Å². The first-order valence-corrected chi connectivity index (χ1v) is 11.0. The van der Waals surface area contributed by atoms with Crippen molar-refractivity contribution >= 4 is 0 Å². The second kappa shape index (κ2) is 26.0. The van der Waals surface area contributed by atoms with Gasteiger partial charge < -0.3 is 0 Å². The molecule has 0 aromatic heterocycles. The summed E-state index contributed by atoms with van der Waals surface area (Å²) < 4.78 is 0. The molecule has 0 spiro atoms. The maximum Gasteiger partial charge on any atom is -0.00897 e. The Morgan fingerprint density at radius 2 is 1.46 bits per heavy atom. The van der Waals surface area contributed by atoms with Crippen molar-refractivity contribution < 1.29 is 0 Å². The van der Waals surface area contributed by atoms with Crippen molar-refractivity contribution in [1.29, 1.82) is 0 Å². The van der Waals surface area contributed by atoms with E-state index in [0.29, 0.717) is 0 Å². The van der Waals surface area contributed by atoms with Gasteiger partial charge in [0.25, 0.3) is 0 Å². The van der Waals surface area contributed by atoms with Crippen molar-refractivity contribution in [2.45, 2.75) is 113 Å². The Kier molecular flexibility index (Phi) is 29.6. The number of hydrogen-bond donors (Lipinski definition) is 0. The summed E-state index contributed by atoms with van der Waals surface area (Å²) in [6.45, 7) is 19.5. The van der Waals surface area contributed by atoms with Crippen LogP contribution >= 0.6 is 0 Å². The number of terminal acetylenes is 1. The van der Waals surface area contributed by atoms with Crippen LogP contribution in [0.25, 0.3) is 0 Å². The highest BCUT2D eigenvalue weighted by Gasteiger charge is 2.09. The van der Waals surface area contributed by atoms with Gasteiger partial charge in [0.2, 0.25) is 0 Å². The Labute approximate surface area is 167 Å². The molecule has 0 bridgehead atoms. The summed E-state index contributed by atoms with van der Waals surface area (Å²) in [5, 5.41) is 0. The quantitative estimate of drug-likeness (QED) is 0.195. The number of hydrogen-bond acceptors (Lipinski definition) is 0. The first kappa shape index (κ1) is 29.5. The summed E-state index contributed by atoms with van der Waals surface area (Å²) in [7, 11) is 0. The predicted octanol–water partition coefficient (Wildman–Crippen LogP) is 9.29. The van der Waals surface area contributed by atoms with E-state index in [1.807, 2.05) is 19.1 Å². The molecule has 0 N–H and O–H groups in total. The van der Waals surface area contributed by atoms with Gasteiger partial charge in [0.1, 0.15) is 0 Å². The van der Waals surface area contributed by atoms with Gasteiger partial charge in [-0.2, -0.15) is 0 Å². The lowest BCUT2D eigenvalue weighted by Crippen LogP contribution is -2.03. The minimum atomic E-state index is 0.807. The van der Waals surface area contributed by atoms with Crippen molar-refractivity contribution in [2.75, 3.05) is 0 Å². The molecule has 0 heteroatoms. The fraction of sp³-hybridized carbons (Fsp3) is 0.692. The molecule has 0 saturated heterocycles. The lowest BCUT2D eigenvalue weighted by molar-refractivity contribution is 0.486. The van der Waals surface area contributed by atoms with Gasteiger partial charge in [-0.15, -0.1) is 6.42 Å². The zero-order valence-corrected chi connectivity index (χ0v) is 19.2. The van der Waals surface area contributed by atoms with Crippen LogP contribution in [0, 0.1) is 18.3 Å². The minimum absolute atomic E-state index is 0.807. The highest BCUT2D eigenvalue weighted by Crippen LogP contribution is 2.24. The van der Waals surface area contributed by atoms with E-state index in [2.05, 4.69) is 54.0 Å². The molecule has 0 aliphatic rings. The average molecular weight is 361 g/mol. The molecular weight excluding hydrogens is 312 g/mol. The summed E-state index contributed by atoms with van der Waals surface area (Å²) in [5.74, 6) is 3.30. The molecule has 0 amide bonds. The molecule has 0 nitrogen and oxygen atoms in total. The summed E-state index contributed by atoms with van der Waals surface area (Å²) in [4.78, 5) is 0. The number of allylic oxidation sites excluding steroid dienone is 5. The van der Waals surface area contributed by atoms with Crippen LogP contribution < -0.4 is 0 Å². The lowest BCUT2D eigenvalue weighted by Gasteiger charge is -2.18. The maximum absolute atomic E-state index is 5.07. The molecule has 0 radical (unpaired) electrons. The molecule has 152 valence electrons. The normalized spacial score (nSPS) is 10.7. The number of unbranched alkanes of at least 4 members (excludes halogenated alkanes) is 2. The molecule has 0 aromatic carbocycles. The van der Waals surface area contributed by atoms with Crippen LogP contribution in [-0.2, 0) is 0 Å². The van der Waals surface area contributed by atoms with Crippen LogP contribution in [0.15, 0.2) is 36.0 Å². The molecule has 26 heavy (non-hydrogen) atoms. The van der Waals surface area contributed by atoms with Gasteiger partial charge in [-0.3, -0.25) is 0 Å². The lowest BCUT2D eigenvalue weighted by atomic mass is 9.88. The average Bonchev–Trinajstić information content (AvgIpc) is 2.66. The van der Waals surface area contributed by atoms with Crippen LogP contribution in [0.5, 0.6) is 0 Å². The third kappa shape index (κ3) is 22.8. The van der Waals surface area contributed by atoms with Crippen molar-refractivity contribution in [2.24, 2.45) is 5.92 Å². The fourth-order valence-electron chi connectivity index (χ4n) is 2.45. The van der Waals surface area contributed by atoms with Crippen molar-refractivity contribution in [3.8, 4) is 12.3 Å². The van der Waals surface area contributed by atoms with Gasteiger partial charge in [-0.1, -0.05) is 104 Å². The Balaban J connectivity index is -0.000000352. The van der Waals surface area contributed by atoms with Crippen LogP contribution in [0.1, 0.15) is 113 Å². The van der Waals surface area contributed by atoms with E-state index in [4.69, 9.17) is 6.42 Å². The van der Waals surface area contributed by atoms with Crippen molar-refractivity contribution in [3.05, 3.63) is 36.0 Å². The SMILES string of the molecule is C#C/C=C(\C=C/C)CC.C=C(CCCC)C(CCC)CCC.CCCC. The van der Waals surface area contributed by atoms with E-state index in [9.17, 15) is 0 Å². The van der Waals surface area contributed by atoms with Crippen LogP contribution in [0.3, 0.4) is 0 Å². The molecule has 0 aliphatic heterocycles. The fourth-order valence-corrected chi connectivity index (χ4v) is 2.45. The van der Waals surface area contributed by atoms with Gasteiger partial charge in [0.15, 0.2) is 0 Å². The molecule has 0 aliphatic carbocycles. The van der Waals surface area contributed by atoms with E-state index in [-0.39, 0.29) is 0 Å². The first-order valence-electron chi connectivity index (χ1n) is 11.0. The smallest absolute Gasteiger partial charge is 0.00897 e. The summed E-state index contributed by atoms with van der Waals surface area (Å²) in [6.07, 6.45) is 23.7. The monoisotopic (exact) mass is 360 g/mol. The Morgan fingerprint density at radius 3 is 1.77 bits per heavy atom. The molecule has 0 saturated carbocycles. The Morgan fingerprint density at radius 1 is 0.923 bits per heavy atom. The minimum Gasteiger partial charge on any atom is -0.115 e. The molecule has 0 rings (SSSR count). The van der Waals surface area contributed by atoms with Gasteiger partial charge in [-0.25, -0.2) is 0 Å². The molecule has 0 unspecified atom stereocenters. The third-order valence-electron chi connectivity index (χ3n) is 4.26. The third-order valence-corrected chi connectivity index (χ3v) is 4.26. The van der Waals surface area contributed by atoms with Crippen molar-refractivity contribution in [1.82, 2.24) is 0 Å². The molecule has 0 atom stereocenters. The van der Waals surface area contributed by atoms with E-state index in [0.717, 1.165) is 12.3 Å². The van der Waals surface area contributed by atoms with Crippen LogP contribution in [0.4, 0.5) is 0 Å². The van der Waals surface area contributed by atoms with E-state index in [1.54, 1.807) is 6.08 Å². The summed E-state index contributed by atoms with van der Waals surface area (Å²) in [5.41, 5.74) is 2.71. The van der Waals surface area contributed by atoms with Gasteiger partial charge in [0, 0.05) is 0 Å². The van der Waals surface area contributed by atoms with E-state index >= 15 is 0 Å². The zero-order valence-electron chi connectivity index (χ0n) is 19.2. The van der Waals surface area contributed by atoms with E-state index in [1.165, 1.54) is 68.9 Å². The predicted molar refractivity (Wildman–Crippen MR) is 125 cm³/mol. The largest absolute Gasteiger partial charge is 0.115 e. The molecule has 0 aromatic rings. The molecule has 0 fully saturated rings. The van der Waals surface area contributed by atoms with E-state index < -0.39 is 0 Å². The maximum atomic E-state index is 5.07. The topological polar surface area (TPSA) is 0 Å².